The molecule has 0 saturated heterocycles. The molecule has 1 aromatic heterocycles. The lowest BCUT2D eigenvalue weighted by Gasteiger charge is -2.09. The number of hydrogen-bond donors (Lipinski definition) is 1. The molecule has 0 aliphatic carbocycles. The molecule has 1 aromatic rings. The Morgan fingerprint density at radius 1 is 1.57 bits per heavy atom. The van der Waals surface area contributed by atoms with Gasteiger partial charge in [-0.3, -0.25) is 0 Å². The van der Waals surface area contributed by atoms with E-state index in [-0.39, 0.29) is 6.04 Å². The van der Waals surface area contributed by atoms with E-state index < -0.39 is 0 Å². The molecule has 2 N–H and O–H groups in total. The molecule has 74 valence electrons. The minimum absolute atomic E-state index is 0.0387. The van der Waals surface area contributed by atoms with Crippen LogP contribution in [0.5, 0.6) is 0 Å². The summed E-state index contributed by atoms with van der Waals surface area (Å²) < 4.78 is 0. The Morgan fingerprint density at radius 2 is 2.36 bits per heavy atom. The molecule has 1 heterocycles. The summed E-state index contributed by atoms with van der Waals surface area (Å²) in [4.78, 5) is 4.16. The van der Waals surface area contributed by atoms with Crippen molar-refractivity contribution in [3.8, 4) is 6.07 Å². The standard InChI is InChI=1S/C11H15N3/c1-2-3-6-10(13)11-7-4-5-9(8-12)14-11/h4-5,7,10H,2-3,6,13H2,1H3. The average Bonchev–Trinajstić information content (AvgIpc) is 2.26. The summed E-state index contributed by atoms with van der Waals surface area (Å²) >= 11 is 0. The lowest BCUT2D eigenvalue weighted by atomic mass is 10.1. The minimum atomic E-state index is -0.0387. The van der Waals surface area contributed by atoms with Crippen molar-refractivity contribution in [1.29, 1.82) is 5.26 Å². The Bertz CT molecular complexity index is 328. The number of aromatic nitrogens is 1. The fourth-order valence-corrected chi connectivity index (χ4v) is 1.29. The van der Waals surface area contributed by atoms with Crippen LogP contribution < -0.4 is 5.73 Å². The number of nitriles is 1. The minimum Gasteiger partial charge on any atom is -0.323 e. The van der Waals surface area contributed by atoms with E-state index in [1.807, 2.05) is 18.2 Å². The second-order valence-corrected chi connectivity index (χ2v) is 3.31. The monoisotopic (exact) mass is 189 g/mol. The van der Waals surface area contributed by atoms with Crippen molar-refractivity contribution in [3.05, 3.63) is 29.6 Å². The van der Waals surface area contributed by atoms with Gasteiger partial charge in [-0.1, -0.05) is 25.8 Å². The van der Waals surface area contributed by atoms with Crippen molar-refractivity contribution in [2.75, 3.05) is 0 Å². The second-order valence-electron chi connectivity index (χ2n) is 3.31. The first-order valence-corrected chi connectivity index (χ1v) is 4.90. The molecule has 14 heavy (non-hydrogen) atoms. The predicted octanol–water partition coefficient (Wildman–Crippen LogP) is 2.14. The van der Waals surface area contributed by atoms with Crippen molar-refractivity contribution in [1.82, 2.24) is 4.98 Å². The van der Waals surface area contributed by atoms with Crippen molar-refractivity contribution in [2.24, 2.45) is 5.73 Å². The van der Waals surface area contributed by atoms with Gasteiger partial charge < -0.3 is 5.73 Å². The lowest BCUT2D eigenvalue weighted by Crippen LogP contribution is -2.12. The highest BCUT2D eigenvalue weighted by Crippen LogP contribution is 2.14. The third kappa shape index (κ3) is 2.82. The molecule has 0 spiro atoms. The van der Waals surface area contributed by atoms with E-state index in [1.54, 1.807) is 6.07 Å². The molecular formula is C11H15N3. The summed E-state index contributed by atoms with van der Waals surface area (Å²) in [7, 11) is 0. The molecule has 1 atom stereocenters. The molecule has 0 aliphatic heterocycles. The van der Waals surface area contributed by atoms with Gasteiger partial charge in [0.25, 0.3) is 0 Å². The van der Waals surface area contributed by atoms with E-state index in [2.05, 4.69) is 11.9 Å². The summed E-state index contributed by atoms with van der Waals surface area (Å²) in [5.74, 6) is 0. The number of nitrogens with zero attached hydrogens (tertiary/aromatic N) is 2. The van der Waals surface area contributed by atoms with Crippen molar-refractivity contribution in [2.45, 2.75) is 32.2 Å². The van der Waals surface area contributed by atoms with Gasteiger partial charge in [0.15, 0.2) is 0 Å². The largest absolute Gasteiger partial charge is 0.323 e. The molecule has 1 unspecified atom stereocenters. The van der Waals surface area contributed by atoms with Crippen LogP contribution in [0.25, 0.3) is 0 Å². The first kappa shape index (κ1) is 10.7. The summed E-state index contributed by atoms with van der Waals surface area (Å²) in [5, 5.41) is 8.67. The van der Waals surface area contributed by atoms with Crippen LogP contribution in [-0.4, -0.2) is 4.98 Å². The van der Waals surface area contributed by atoms with Crippen molar-refractivity contribution in [3.63, 3.8) is 0 Å². The Balaban J connectivity index is 2.70. The zero-order chi connectivity index (χ0) is 10.4. The molecule has 3 heteroatoms. The average molecular weight is 189 g/mol. The SMILES string of the molecule is CCCCC(N)c1cccc(C#N)n1. The Labute approximate surface area is 84.6 Å². The van der Waals surface area contributed by atoms with Gasteiger partial charge in [-0.15, -0.1) is 0 Å². The van der Waals surface area contributed by atoms with Crippen LogP contribution >= 0.6 is 0 Å². The number of nitrogens with two attached hydrogens (primary N) is 1. The van der Waals surface area contributed by atoms with Gasteiger partial charge in [0.2, 0.25) is 0 Å². The van der Waals surface area contributed by atoms with Crippen molar-refractivity contribution >= 4 is 0 Å². The highest BCUT2D eigenvalue weighted by atomic mass is 14.8. The van der Waals surface area contributed by atoms with Crippen LogP contribution in [0, 0.1) is 11.3 Å². The Kier molecular flexibility index (Phi) is 4.09. The van der Waals surface area contributed by atoms with E-state index in [0.717, 1.165) is 25.0 Å². The van der Waals surface area contributed by atoms with E-state index in [4.69, 9.17) is 11.0 Å². The Hall–Kier alpha value is -1.40. The summed E-state index contributed by atoms with van der Waals surface area (Å²) in [6.07, 6.45) is 3.16. The predicted molar refractivity (Wildman–Crippen MR) is 55.4 cm³/mol. The third-order valence-electron chi connectivity index (χ3n) is 2.13. The third-order valence-corrected chi connectivity index (χ3v) is 2.13. The summed E-state index contributed by atoms with van der Waals surface area (Å²) in [6, 6.07) is 7.37. The molecule has 0 bridgehead atoms. The maximum absolute atomic E-state index is 8.67. The summed E-state index contributed by atoms with van der Waals surface area (Å²) in [5.41, 5.74) is 7.19. The number of pyridine rings is 1. The second kappa shape index (κ2) is 5.36. The Morgan fingerprint density at radius 3 is 3.00 bits per heavy atom. The number of hydrogen-bond acceptors (Lipinski definition) is 3. The van der Waals surface area contributed by atoms with Gasteiger partial charge in [0.1, 0.15) is 11.8 Å². The fourth-order valence-electron chi connectivity index (χ4n) is 1.29. The molecule has 0 radical (unpaired) electrons. The molecule has 0 saturated carbocycles. The van der Waals surface area contributed by atoms with E-state index in [0.29, 0.717) is 5.69 Å². The quantitative estimate of drug-likeness (QED) is 0.789. The zero-order valence-electron chi connectivity index (χ0n) is 8.40. The van der Waals surface area contributed by atoms with Crippen molar-refractivity contribution < 1.29 is 0 Å². The van der Waals surface area contributed by atoms with Gasteiger partial charge in [0, 0.05) is 6.04 Å². The number of rotatable bonds is 4. The molecule has 0 fully saturated rings. The molecule has 1 rings (SSSR count). The van der Waals surface area contributed by atoms with Crippen LogP contribution in [0.15, 0.2) is 18.2 Å². The van der Waals surface area contributed by atoms with Gasteiger partial charge in [-0.2, -0.15) is 5.26 Å². The molecule has 0 aromatic carbocycles. The number of unbranched alkanes of at least 4 members (excludes halogenated alkanes) is 1. The van der Waals surface area contributed by atoms with Crippen LogP contribution in [-0.2, 0) is 0 Å². The van der Waals surface area contributed by atoms with Gasteiger partial charge in [-0.25, -0.2) is 4.98 Å². The van der Waals surface area contributed by atoms with E-state index >= 15 is 0 Å². The summed E-state index contributed by atoms with van der Waals surface area (Å²) in [6.45, 7) is 2.13. The normalized spacial score (nSPS) is 12.1. The maximum Gasteiger partial charge on any atom is 0.140 e. The van der Waals surface area contributed by atoms with Crippen LogP contribution in [0.1, 0.15) is 43.6 Å². The zero-order valence-corrected chi connectivity index (χ0v) is 8.40. The van der Waals surface area contributed by atoms with Gasteiger partial charge in [-0.05, 0) is 18.6 Å². The van der Waals surface area contributed by atoms with E-state index in [9.17, 15) is 0 Å². The first-order chi connectivity index (χ1) is 6.77. The van der Waals surface area contributed by atoms with Gasteiger partial charge >= 0.3 is 0 Å². The van der Waals surface area contributed by atoms with Crippen LogP contribution in [0.3, 0.4) is 0 Å². The highest BCUT2D eigenvalue weighted by Gasteiger charge is 2.06. The maximum atomic E-state index is 8.67. The topological polar surface area (TPSA) is 62.7 Å². The van der Waals surface area contributed by atoms with Gasteiger partial charge in [0.05, 0.1) is 5.69 Å². The molecular weight excluding hydrogens is 174 g/mol. The molecule has 3 nitrogen and oxygen atoms in total. The molecule has 0 amide bonds. The molecule has 0 aliphatic rings. The first-order valence-electron chi connectivity index (χ1n) is 4.90. The smallest absolute Gasteiger partial charge is 0.140 e. The lowest BCUT2D eigenvalue weighted by molar-refractivity contribution is 0.590. The van der Waals surface area contributed by atoms with E-state index in [1.165, 1.54) is 0 Å². The highest BCUT2D eigenvalue weighted by molar-refractivity contribution is 5.23. The van der Waals surface area contributed by atoms with Crippen LogP contribution in [0.4, 0.5) is 0 Å². The fraction of sp³-hybridized carbons (Fsp3) is 0.455. The van der Waals surface area contributed by atoms with Crippen LogP contribution in [0.2, 0.25) is 0 Å².